The molecule has 0 saturated heterocycles. The molecule has 18 heavy (non-hydrogen) atoms. The Labute approximate surface area is 111 Å². The van der Waals surface area contributed by atoms with E-state index in [1.54, 1.807) is 10.9 Å². The van der Waals surface area contributed by atoms with Crippen molar-refractivity contribution in [1.82, 2.24) is 24.1 Å². The number of nitrogens with zero attached hydrogens (tertiary/aromatic N) is 5. The molecule has 0 unspecified atom stereocenters. The predicted molar refractivity (Wildman–Crippen MR) is 68.7 cm³/mol. The average Bonchev–Trinajstić information content (AvgIpc) is 2.86. The van der Waals surface area contributed by atoms with Gasteiger partial charge in [-0.1, -0.05) is 0 Å². The van der Waals surface area contributed by atoms with Crippen LogP contribution in [-0.2, 0) is 7.05 Å². The quantitative estimate of drug-likeness (QED) is 0.729. The molecule has 0 N–H and O–H groups in total. The Hall–Kier alpha value is -1.89. The van der Waals surface area contributed by atoms with Crippen LogP contribution in [0.2, 0.25) is 0 Å². The van der Waals surface area contributed by atoms with Crippen molar-refractivity contribution in [2.45, 2.75) is 6.92 Å². The number of rotatable bonds is 2. The molecule has 3 aromatic rings. The van der Waals surface area contributed by atoms with Crippen LogP contribution in [0.3, 0.4) is 0 Å². The molecule has 6 nitrogen and oxygen atoms in total. The molecule has 0 aliphatic rings. The summed E-state index contributed by atoms with van der Waals surface area (Å²) in [6.07, 6.45) is 5.36. The van der Waals surface area contributed by atoms with E-state index in [0.29, 0.717) is 22.0 Å². The number of aryl methyl sites for hydroxylation is 2. The second-order valence-electron chi connectivity index (χ2n) is 3.88. The van der Waals surface area contributed by atoms with Crippen molar-refractivity contribution in [1.29, 1.82) is 0 Å². The number of aromatic nitrogens is 5. The van der Waals surface area contributed by atoms with Gasteiger partial charge in [0.2, 0.25) is 11.5 Å². The first-order valence-corrected chi connectivity index (χ1v) is 6.10. The summed E-state index contributed by atoms with van der Waals surface area (Å²) in [5.74, 6) is 1.07. The summed E-state index contributed by atoms with van der Waals surface area (Å²) in [6.45, 7) is 1.91. The summed E-state index contributed by atoms with van der Waals surface area (Å²) in [4.78, 5) is 8.51. The Kier molecular flexibility index (Phi) is 2.55. The van der Waals surface area contributed by atoms with Gasteiger partial charge in [0.15, 0.2) is 0 Å². The highest BCUT2D eigenvalue weighted by molar-refractivity contribution is 9.10. The zero-order chi connectivity index (χ0) is 12.7. The second kappa shape index (κ2) is 4.09. The first kappa shape index (κ1) is 11.2. The smallest absolute Gasteiger partial charge is 0.266 e. The highest BCUT2D eigenvalue weighted by Crippen LogP contribution is 2.25. The van der Waals surface area contributed by atoms with E-state index in [0.717, 1.165) is 5.69 Å². The zero-order valence-corrected chi connectivity index (χ0v) is 11.4. The summed E-state index contributed by atoms with van der Waals surface area (Å²) < 4.78 is 9.95. The van der Waals surface area contributed by atoms with Crippen molar-refractivity contribution in [3.8, 4) is 11.8 Å². The van der Waals surface area contributed by atoms with Crippen molar-refractivity contribution >= 4 is 21.6 Å². The van der Waals surface area contributed by atoms with Crippen molar-refractivity contribution in [3.05, 3.63) is 35.0 Å². The molecular formula is C11H10BrN5O. The zero-order valence-electron chi connectivity index (χ0n) is 9.83. The van der Waals surface area contributed by atoms with Gasteiger partial charge in [-0.15, -0.1) is 0 Å². The molecule has 3 heterocycles. The van der Waals surface area contributed by atoms with Gasteiger partial charge >= 0.3 is 0 Å². The molecule has 0 saturated carbocycles. The van der Waals surface area contributed by atoms with E-state index in [4.69, 9.17) is 4.74 Å². The van der Waals surface area contributed by atoms with Crippen molar-refractivity contribution in [2.24, 2.45) is 7.05 Å². The lowest BCUT2D eigenvalue weighted by molar-refractivity contribution is 0.416. The van der Waals surface area contributed by atoms with Gasteiger partial charge in [-0.25, -0.2) is 14.6 Å². The van der Waals surface area contributed by atoms with Crippen LogP contribution in [0, 0.1) is 6.92 Å². The minimum Gasteiger partial charge on any atom is -0.417 e. The Morgan fingerprint density at radius 1 is 1.39 bits per heavy atom. The number of halogens is 1. The van der Waals surface area contributed by atoms with Gasteiger partial charge in [0.25, 0.3) is 5.88 Å². The molecule has 3 rings (SSSR count). The summed E-state index contributed by atoms with van der Waals surface area (Å²) in [5, 5.41) is 4.22. The minimum atomic E-state index is 0.442. The van der Waals surface area contributed by atoms with E-state index in [1.807, 2.05) is 36.8 Å². The van der Waals surface area contributed by atoms with E-state index >= 15 is 0 Å². The Balaban J connectivity index is 2.09. The number of hydrogen-bond acceptors (Lipinski definition) is 4. The topological polar surface area (TPSA) is 57.2 Å². The lowest BCUT2D eigenvalue weighted by atomic mass is 10.5. The third-order valence-electron chi connectivity index (χ3n) is 2.47. The van der Waals surface area contributed by atoms with Gasteiger partial charge in [0, 0.05) is 31.7 Å². The number of ether oxygens (including phenoxy) is 1. The third kappa shape index (κ3) is 1.86. The summed E-state index contributed by atoms with van der Waals surface area (Å²) in [6, 6.07) is 1.85. The molecule has 0 bridgehead atoms. The summed E-state index contributed by atoms with van der Waals surface area (Å²) >= 11 is 3.34. The molecular weight excluding hydrogens is 298 g/mol. The van der Waals surface area contributed by atoms with Gasteiger partial charge in [-0.2, -0.15) is 5.10 Å². The number of hydrogen-bond donors (Lipinski definition) is 0. The summed E-state index contributed by atoms with van der Waals surface area (Å²) in [7, 11) is 1.82. The predicted octanol–water partition coefficient (Wildman–Crippen LogP) is 2.33. The molecule has 0 spiro atoms. The van der Waals surface area contributed by atoms with E-state index in [2.05, 4.69) is 31.0 Å². The second-order valence-corrected chi connectivity index (χ2v) is 4.69. The molecule has 0 aromatic carbocycles. The van der Waals surface area contributed by atoms with Crippen molar-refractivity contribution in [2.75, 3.05) is 0 Å². The Morgan fingerprint density at radius 3 is 2.94 bits per heavy atom. The number of fused-ring (bicyclic) bond motifs is 1. The normalized spacial score (nSPS) is 11.1. The molecule has 0 radical (unpaired) electrons. The molecule has 0 aliphatic carbocycles. The highest BCUT2D eigenvalue weighted by atomic mass is 79.9. The third-order valence-corrected chi connectivity index (χ3v) is 2.86. The van der Waals surface area contributed by atoms with Crippen LogP contribution in [0.25, 0.3) is 5.65 Å². The van der Waals surface area contributed by atoms with Crippen LogP contribution in [-0.4, -0.2) is 24.1 Å². The Morgan fingerprint density at radius 2 is 2.22 bits per heavy atom. The van der Waals surface area contributed by atoms with Gasteiger partial charge in [-0.3, -0.25) is 4.40 Å². The SMILES string of the molecule is Cc1cc(Oc2nc(Br)cn3ccnc23)n(C)n1. The maximum absolute atomic E-state index is 5.76. The van der Waals surface area contributed by atoms with E-state index in [-0.39, 0.29) is 0 Å². The van der Waals surface area contributed by atoms with E-state index in [9.17, 15) is 0 Å². The monoisotopic (exact) mass is 307 g/mol. The van der Waals surface area contributed by atoms with Crippen LogP contribution >= 0.6 is 15.9 Å². The average molecular weight is 308 g/mol. The maximum atomic E-state index is 5.76. The highest BCUT2D eigenvalue weighted by Gasteiger charge is 2.11. The molecule has 7 heteroatoms. The lowest BCUT2D eigenvalue weighted by Gasteiger charge is -2.06. The van der Waals surface area contributed by atoms with Crippen LogP contribution in [0.5, 0.6) is 11.8 Å². The standard InChI is InChI=1S/C11H10BrN5O/c1-7-5-9(16(2)15-7)18-11-10-13-3-4-17(10)6-8(12)14-11/h3-6H,1-2H3. The Bertz CT molecular complexity index is 717. The summed E-state index contributed by atoms with van der Waals surface area (Å²) in [5.41, 5.74) is 1.55. The van der Waals surface area contributed by atoms with Crippen LogP contribution in [0.4, 0.5) is 0 Å². The molecule has 0 aliphatic heterocycles. The largest absolute Gasteiger partial charge is 0.417 e. The van der Waals surface area contributed by atoms with Gasteiger partial charge < -0.3 is 4.74 Å². The van der Waals surface area contributed by atoms with Crippen LogP contribution in [0.15, 0.2) is 29.3 Å². The van der Waals surface area contributed by atoms with Crippen molar-refractivity contribution in [3.63, 3.8) is 0 Å². The number of imidazole rings is 1. The first-order chi connectivity index (χ1) is 8.63. The fourth-order valence-electron chi connectivity index (χ4n) is 1.72. The van der Waals surface area contributed by atoms with Gasteiger partial charge in [0.1, 0.15) is 4.60 Å². The fraction of sp³-hybridized carbons (Fsp3) is 0.182. The van der Waals surface area contributed by atoms with E-state index in [1.165, 1.54) is 0 Å². The molecule has 0 fully saturated rings. The maximum Gasteiger partial charge on any atom is 0.266 e. The first-order valence-electron chi connectivity index (χ1n) is 5.31. The molecule has 0 amide bonds. The van der Waals surface area contributed by atoms with E-state index < -0.39 is 0 Å². The van der Waals surface area contributed by atoms with Gasteiger partial charge in [0.05, 0.1) is 5.69 Å². The fourth-order valence-corrected chi connectivity index (χ4v) is 2.11. The molecule has 3 aromatic heterocycles. The molecule has 0 atom stereocenters. The van der Waals surface area contributed by atoms with Crippen molar-refractivity contribution < 1.29 is 4.74 Å². The van der Waals surface area contributed by atoms with Gasteiger partial charge in [-0.05, 0) is 22.9 Å². The lowest BCUT2D eigenvalue weighted by Crippen LogP contribution is -1.99. The minimum absolute atomic E-state index is 0.442. The van der Waals surface area contributed by atoms with Crippen LogP contribution in [0.1, 0.15) is 5.69 Å². The molecule has 92 valence electrons. The van der Waals surface area contributed by atoms with Crippen LogP contribution < -0.4 is 4.74 Å².